The molecule has 1 nitrogen and oxygen atoms in total. The Morgan fingerprint density at radius 1 is 0.435 bits per heavy atom. The summed E-state index contributed by atoms with van der Waals surface area (Å²) in [6, 6.07) is 0. The van der Waals surface area contributed by atoms with E-state index in [2.05, 4.69) is 13.8 Å². The van der Waals surface area contributed by atoms with Gasteiger partial charge in [-0.25, -0.2) is 0 Å². The van der Waals surface area contributed by atoms with Gasteiger partial charge in [-0.05, 0) is 18.9 Å². The maximum absolute atomic E-state index is 5.50. The van der Waals surface area contributed by atoms with Crippen LogP contribution in [-0.4, -0.2) is 6.54 Å². The van der Waals surface area contributed by atoms with E-state index in [0.29, 0.717) is 0 Å². The predicted octanol–water partition coefficient (Wildman–Crippen LogP) is 7.62. The largest absolute Gasteiger partial charge is 0.330 e. The maximum atomic E-state index is 5.50. The number of unbranched alkanes of at least 4 members (excludes halogenated alkanes) is 16. The van der Waals surface area contributed by atoms with Crippen molar-refractivity contribution in [1.82, 2.24) is 0 Å². The van der Waals surface area contributed by atoms with E-state index in [-0.39, 0.29) is 0 Å². The zero-order chi connectivity index (χ0) is 17.0. The fourth-order valence-electron chi connectivity index (χ4n) is 3.35. The first-order valence-electron chi connectivity index (χ1n) is 11.0. The minimum absolute atomic E-state index is 0.873. The predicted molar refractivity (Wildman–Crippen MR) is 107 cm³/mol. The monoisotopic (exact) mass is 325 g/mol. The van der Waals surface area contributed by atoms with Gasteiger partial charge < -0.3 is 5.73 Å². The first-order valence-corrected chi connectivity index (χ1v) is 11.0. The second-order valence-electron chi connectivity index (χ2n) is 7.98. The van der Waals surface area contributed by atoms with E-state index in [9.17, 15) is 0 Å². The van der Waals surface area contributed by atoms with Crippen LogP contribution in [-0.2, 0) is 0 Å². The smallest absolute Gasteiger partial charge is 0.00773 e. The van der Waals surface area contributed by atoms with Crippen LogP contribution in [0.25, 0.3) is 0 Å². The molecule has 0 saturated heterocycles. The lowest BCUT2D eigenvalue weighted by Crippen LogP contribution is -1.97. The van der Waals surface area contributed by atoms with Crippen LogP contribution in [0.2, 0.25) is 0 Å². The van der Waals surface area contributed by atoms with E-state index < -0.39 is 0 Å². The summed E-state index contributed by atoms with van der Waals surface area (Å²) in [7, 11) is 0. The van der Waals surface area contributed by atoms with Gasteiger partial charge in [0, 0.05) is 0 Å². The molecule has 0 atom stereocenters. The fraction of sp³-hybridized carbons (Fsp3) is 1.00. The van der Waals surface area contributed by atoms with Crippen LogP contribution in [0.5, 0.6) is 0 Å². The third-order valence-corrected chi connectivity index (χ3v) is 4.99. The minimum atomic E-state index is 0.873. The average Bonchev–Trinajstić information content (AvgIpc) is 2.53. The minimum Gasteiger partial charge on any atom is -0.330 e. The van der Waals surface area contributed by atoms with Crippen molar-refractivity contribution in [3.05, 3.63) is 0 Å². The second kappa shape index (κ2) is 20.0. The first-order chi connectivity index (χ1) is 11.3. The zero-order valence-corrected chi connectivity index (χ0v) is 16.6. The standard InChI is InChI=1S/C22H47N/c1-22(2)20-18-16-14-12-10-8-6-4-3-5-7-9-11-13-15-17-19-21-23/h22H,3-21,23H2,1-2H3. The molecule has 0 amide bonds. The topological polar surface area (TPSA) is 26.0 Å². The molecule has 0 bridgehead atoms. The molecular formula is C22H47N. The molecule has 0 fully saturated rings. The Kier molecular flexibility index (Phi) is 20.0. The summed E-state index contributed by atoms with van der Waals surface area (Å²) in [6.07, 6.45) is 25.9. The average molecular weight is 326 g/mol. The highest BCUT2D eigenvalue weighted by Gasteiger charge is 1.96. The highest BCUT2D eigenvalue weighted by Crippen LogP contribution is 2.15. The van der Waals surface area contributed by atoms with Gasteiger partial charge in [-0.1, -0.05) is 123 Å². The summed E-state index contributed by atoms with van der Waals surface area (Å²) in [5.74, 6) is 0.895. The molecule has 0 heterocycles. The third-order valence-electron chi connectivity index (χ3n) is 4.99. The molecule has 0 aromatic carbocycles. The van der Waals surface area contributed by atoms with Gasteiger partial charge in [-0.2, -0.15) is 0 Å². The van der Waals surface area contributed by atoms with Crippen molar-refractivity contribution in [3.63, 3.8) is 0 Å². The molecule has 0 aromatic heterocycles. The molecule has 0 aliphatic heterocycles. The van der Waals surface area contributed by atoms with Crippen LogP contribution < -0.4 is 5.73 Å². The van der Waals surface area contributed by atoms with E-state index in [1.54, 1.807) is 0 Å². The number of nitrogens with two attached hydrogens (primary N) is 1. The summed E-state index contributed by atoms with van der Waals surface area (Å²) < 4.78 is 0. The van der Waals surface area contributed by atoms with Crippen molar-refractivity contribution < 1.29 is 0 Å². The van der Waals surface area contributed by atoms with E-state index in [0.717, 1.165) is 12.5 Å². The highest BCUT2D eigenvalue weighted by atomic mass is 14.5. The molecule has 0 aromatic rings. The Balaban J connectivity index is 2.95. The lowest BCUT2D eigenvalue weighted by Gasteiger charge is -2.05. The van der Waals surface area contributed by atoms with E-state index >= 15 is 0 Å². The second-order valence-corrected chi connectivity index (χ2v) is 7.98. The van der Waals surface area contributed by atoms with Crippen molar-refractivity contribution in [2.45, 2.75) is 129 Å². The molecule has 0 aliphatic rings. The molecule has 1 heteroatoms. The van der Waals surface area contributed by atoms with Crippen molar-refractivity contribution in [3.8, 4) is 0 Å². The molecule has 140 valence electrons. The summed E-state index contributed by atoms with van der Waals surface area (Å²) in [5, 5.41) is 0. The lowest BCUT2D eigenvalue weighted by atomic mass is 10.0. The Morgan fingerprint density at radius 2 is 0.696 bits per heavy atom. The van der Waals surface area contributed by atoms with Gasteiger partial charge in [0.2, 0.25) is 0 Å². The first kappa shape index (κ1) is 23.0. The van der Waals surface area contributed by atoms with Crippen LogP contribution in [0.3, 0.4) is 0 Å². The summed E-state index contributed by atoms with van der Waals surface area (Å²) in [4.78, 5) is 0. The van der Waals surface area contributed by atoms with Crippen molar-refractivity contribution in [2.75, 3.05) is 6.54 Å². The SMILES string of the molecule is CC(C)CCCCCCCCCCCCCCCCCCCN. The van der Waals surface area contributed by atoms with Crippen LogP contribution in [0.15, 0.2) is 0 Å². The van der Waals surface area contributed by atoms with E-state index in [1.807, 2.05) is 0 Å². The normalized spacial score (nSPS) is 11.5. The van der Waals surface area contributed by atoms with E-state index in [4.69, 9.17) is 5.73 Å². The molecule has 0 saturated carbocycles. The fourth-order valence-corrected chi connectivity index (χ4v) is 3.35. The van der Waals surface area contributed by atoms with Gasteiger partial charge in [-0.3, -0.25) is 0 Å². The third kappa shape index (κ3) is 22.0. The van der Waals surface area contributed by atoms with Crippen LogP contribution in [0.4, 0.5) is 0 Å². The van der Waals surface area contributed by atoms with E-state index in [1.165, 1.54) is 116 Å². The Hall–Kier alpha value is -0.0400. The Bertz CT molecular complexity index is 200. The summed E-state index contributed by atoms with van der Waals surface area (Å²) in [5.41, 5.74) is 5.50. The number of hydrogen-bond acceptors (Lipinski definition) is 1. The zero-order valence-electron chi connectivity index (χ0n) is 16.6. The quantitative estimate of drug-likeness (QED) is 0.243. The van der Waals surface area contributed by atoms with Crippen molar-refractivity contribution in [1.29, 1.82) is 0 Å². The van der Waals surface area contributed by atoms with Gasteiger partial charge in [0.05, 0.1) is 0 Å². The molecule has 0 aliphatic carbocycles. The van der Waals surface area contributed by atoms with Crippen LogP contribution in [0.1, 0.15) is 129 Å². The van der Waals surface area contributed by atoms with Gasteiger partial charge in [0.25, 0.3) is 0 Å². The lowest BCUT2D eigenvalue weighted by molar-refractivity contribution is 0.501. The van der Waals surface area contributed by atoms with Crippen molar-refractivity contribution in [2.24, 2.45) is 11.7 Å². The van der Waals surface area contributed by atoms with Crippen LogP contribution in [0, 0.1) is 5.92 Å². The molecular weight excluding hydrogens is 278 g/mol. The Labute approximate surface area is 148 Å². The molecule has 0 rings (SSSR count). The number of hydrogen-bond donors (Lipinski definition) is 1. The molecule has 0 spiro atoms. The molecule has 2 N–H and O–H groups in total. The molecule has 0 radical (unpaired) electrons. The molecule has 23 heavy (non-hydrogen) atoms. The molecule has 0 unspecified atom stereocenters. The number of rotatable bonds is 19. The summed E-state index contributed by atoms with van der Waals surface area (Å²) >= 11 is 0. The van der Waals surface area contributed by atoms with Crippen LogP contribution >= 0.6 is 0 Å². The summed E-state index contributed by atoms with van der Waals surface area (Å²) in [6.45, 7) is 5.55. The van der Waals surface area contributed by atoms with Gasteiger partial charge >= 0.3 is 0 Å². The Morgan fingerprint density at radius 3 is 0.957 bits per heavy atom. The highest BCUT2D eigenvalue weighted by molar-refractivity contribution is 4.51. The van der Waals surface area contributed by atoms with Gasteiger partial charge in [-0.15, -0.1) is 0 Å². The van der Waals surface area contributed by atoms with Crippen molar-refractivity contribution >= 4 is 0 Å². The van der Waals surface area contributed by atoms with Gasteiger partial charge in [0.1, 0.15) is 0 Å². The maximum Gasteiger partial charge on any atom is -0.00773 e. The van der Waals surface area contributed by atoms with Gasteiger partial charge in [0.15, 0.2) is 0 Å².